The van der Waals surface area contributed by atoms with Crippen LogP contribution in [-0.2, 0) is 6.42 Å². The molecule has 0 bridgehead atoms. The zero-order chi connectivity index (χ0) is 11.0. The van der Waals surface area contributed by atoms with Gasteiger partial charge < -0.3 is 10.2 Å². The number of hydrogen-bond acceptors (Lipinski definition) is 3. The van der Waals surface area contributed by atoms with Crippen molar-refractivity contribution < 1.29 is 4.42 Å². The van der Waals surface area contributed by atoms with Crippen molar-refractivity contribution in [3.8, 4) is 0 Å². The van der Waals surface area contributed by atoms with E-state index in [-0.39, 0.29) is 0 Å². The summed E-state index contributed by atoms with van der Waals surface area (Å²) in [4.78, 5) is 4.39. The van der Waals surface area contributed by atoms with E-state index in [2.05, 4.69) is 11.1 Å². The van der Waals surface area contributed by atoms with Crippen molar-refractivity contribution in [1.29, 1.82) is 0 Å². The van der Waals surface area contributed by atoms with E-state index in [0.29, 0.717) is 6.54 Å². The van der Waals surface area contributed by atoms with Crippen molar-refractivity contribution in [1.82, 2.24) is 4.98 Å². The molecule has 0 fully saturated rings. The first-order valence-corrected chi connectivity index (χ1v) is 5.34. The Kier molecular flexibility index (Phi) is 2.11. The highest BCUT2D eigenvalue weighted by molar-refractivity contribution is 6.06. The Morgan fingerprint density at radius 3 is 3.06 bits per heavy atom. The van der Waals surface area contributed by atoms with Crippen LogP contribution in [0.4, 0.5) is 0 Å². The van der Waals surface area contributed by atoms with Crippen molar-refractivity contribution in [3.05, 3.63) is 42.3 Å². The Bertz CT molecular complexity index is 643. The van der Waals surface area contributed by atoms with Crippen LogP contribution in [0.3, 0.4) is 0 Å². The van der Waals surface area contributed by atoms with Crippen molar-refractivity contribution >= 4 is 21.9 Å². The molecule has 2 aromatic heterocycles. The molecule has 0 aliphatic rings. The van der Waals surface area contributed by atoms with Crippen LogP contribution < -0.4 is 5.73 Å². The smallest absolute Gasteiger partial charge is 0.134 e. The maximum Gasteiger partial charge on any atom is 0.134 e. The fraction of sp³-hybridized carbons (Fsp3) is 0.154. The van der Waals surface area contributed by atoms with E-state index in [1.54, 1.807) is 6.26 Å². The van der Waals surface area contributed by atoms with E-state index in [4.69, 9.17) is 10.2 Å². The quantitative estimate of drug-likeness (QED) is 0.710. The van der Waals surface area contributed by atoms with Gasteiger partial charge in [-0.2, -0.15) is 0 Å². The summed E-state index contributed by atoms with van der Waals surface area (Å²) in [6, 6.07) is 7.90. The summed E-state index contributed by atoms with van der Waals surface area (Å²) in [7, 11) is 0. The molecule has 0 aliphatic heterocycles. The van der Waals surface area contributed by atoms with Gasteiger partial charge in [-0.3, -0.25) is 4.98 Å². The normalized spacial score (nSPS) is 11.3. The maximum atomic E-state index is 5.60. The second-order valence-electron chi connectivity index (χ2n) is 3.81. The SMILES string of the molecule is NCCc1cnc2ccc3occcc3c12. The summed E-state index contributed by atoms with van der Waals surface area (Å²) in [5, 5.41) is 2.29. The molecule has 80 valence electrons. The lowest BCUT2D eigenvalue weighted by molar-refractivity contribution is 0.604. The molecule has 0 saturated carbocycles. The molecule has 0 atom stereocenters. The van der Waals surface area contributed by atoms with Gasteiger partial charge in [0, 0.05) is 17.0 Å². The van der Waals surface area contributed by atoms with E-state index in [0.717, 1.165) is 22.9 Å². The molecule has 16 heavy (non-hydrogen) atoms. The lowest BCUT2D eigenvalue weighted by Crippen LogP contribution is -2.01. The monoisotopic (exact) mass is 212 g/mol. The molecule has 3 aromatic rings. The predicted octanol–water partition coefficient (Wildman–Crippen LogP) is 2.48. The minimum atomic E-state index is 0.640. The van der Waals surface area contributed by atoms with Gasteiger partial charge in [0.05, 0.1) is 11.8 Å². The van der Waals surface area contributed by atoms with Crippen LogP contribution in [0.2, 0.25) is 0 Å². The van der Waals surface area contributed by atoms with Crippen LogP contribution in [0.15, 0.2) is 41.1 Å². The van der Waals surface area contributed by atoms with Crippen LogP contribution in [0.25, 0.3) is 21.9 Å². The van der Waals surface area contributed by atoms with Gasteiger partial charge in [0.25, 0.3) is 0 Å². The molecule has 0 radical (unpaired) electrons. The highest BCUT2D eigenvalue weighted by atomic mass is 16.3. The second kappa shape index (κ2) is 3.61. The van der Waals surface area contributed by atoms with Gasteiger partial charge in [0.2, 0.25) is 0 Å². The second-order valence-corrected chi connectivity index (χ2v) is 3.81. The number of fused-ring (bicyclic) bond motifs is 3. The van der Waals surface area contributed by atoms with E-state index < -0.39 is 0 Å². The average Bonchev–Trinajstić information content (AvgIpc) is 2.73. The number of aromatic nitrogens is 1. The highest BCUT2D eigenvalue weighted by Crippen LogP contribution is 2.27. The Labute approximate surface area is 92.9 Å². The van der Waals surface area contributed by atoms with Gasteiger partial charge in [-0.05, 0) is 42.8 Å². The zero-order valence-corrected chi connectivity index (χ0v) is 8.81. The third kappa shape index (κ3) is 1.29. The molecule has 2 heterocycles. The molecule has 3 nitrogen and oxygen atoms in total. The van der Waals surface area contributed by atoms with Crippen LogP contribution in [0.5, 0.6) is 0 Å². The van der Waals surface area contributed by atoms with Gasteiger partial charge >= 0.3 is 0 Å². The van der Waals surface area contributed by atoms with Gasteiger partial charge in [0.15, 0.2) is 0 Å². The molecule has 0 amide bonds. The molecule has 0 saturated heterocycles. The Balaban J connectivity index is 2.42. The van der Waals surface area contributed by atoms with Crippen molar-refractivity contribution in [2.24, 2.45) is 5.73 Å². The standard InChI is InChI=1S/C13H12N2O/c14-6-5-9-8-15-11-3-4-12-10(13(9)11)2-1-7-16-12/h1-4,7-8H,5-6,14H2. The van der Waals surface area contributed by atoms with Gasteiger partial charge in [-0.15, -0.1) is 0 Å². The molecule has 3 rings (SSSR count). The highest BCUT2D eigenvalue weighted by Gasteiger charge is 2.08. The summed E-state index contributed by atoms with van der Waals surface area (Å²) in [6.07, 6.45) is 4.45. The predicted molar refractivity (Wildman–Crippen MR) is 64.3 cm³/mol. The van der Waals surface area contributed by atoms with Crippen LogP contribution in [0, 0.1) is 0 Å². The van der Waals surface area contributed by atoms with Gasteiger partial charge in [-0.1, -0.05) is 0 Å². The number of nitrogens with zero attached hydrogens (tertiary/aromatic N) is 1. The summed E-state index contributed by atoms with van der Waals surface area (Å²) in [5.41, 5.74) is 8.70. The first-order valence-electron chi connectivity index (χ1n) is 5.34. The number of benzene rings is 1. The Morgan fingerprint density at radius 1 is 1.25 bits per heavy atom. The van der Waals surface area contributed by atoms with Gasteiger partial charge in [0.1, 0.15) is 5.58 Å². The first kappa shape index (κ1) is 9.36. The minimum Gasteiger partial charge on any atom is -0.464 e. The largest absolute Gasteiger partial charge is 0.464 e. The fourth-order valence-corrected chi connectivity index (χ4v) is 2.11. The van der Waals surface area contributed by atoms with E-state index in [1.165, 1.54) is 10.9 Å². The number of nitrogens with two attached hydrogens (primary N) is 1. The van der Waals surface area contributed by atoms with E-state index in [9.17, 15) is 0 Å². The lowest BCUT2D eigenvalue weighted by Gasteiger charge is -2.01. The summed E-state index contributed by atoms with van der Waals surface area (Å²) in [6.45, 7) is 0.640. The van der Waals surface area contributed by atoms with E-state index in [1.807, 2.05) is 24.4 Å². The Hall–Kier alpha value is -1.87. The molecular weight excluding hydrogens is 200 g/mol. The van der Waals surface area contributed by atoms with Crippen LogP contribution >= 0.6 is 0 Å². The number of rotatable bonds is 2. The molecule has 0 unspecified atom stereocenters. The zero-order valence-electron chi connectivity index (χ0n) is 8.81. The molecule has 1 aromatic carbocycles. The number of hydrogen-bond donors (Lipinski definition) is 1. The molecule has 0 spiro atoms. The topological polar surface area (TPSA) is 52.0 Å². The third-order valence-corrected chi connectivity index (χ3v) is 2.81. The summed E-state index contributed by atoms with van der Waals surface area (Å²) < 4.78 is 5.46. The van der Waals surface area contributed by atoms with Crippen molar-refractivity contribution in [2.75, 3.05) is 6.54 Å². The fourth-order valence-electron chi connectivity index (χ4n) is 2.11. The summed E-state index contributed by atoms with van der Waals surface area (Å²) in [5.74, 6) is 0. The minimum absolute atomic E-state index is 0.640. The van der Waals surface area contributed by atoms with Crippen LogP contribution in [0.1, 0.15) is 5.56 Å². The first-order chi connectivity index (χ1) is 7.90. The van der Waals surface area contributed by atoms with Crippen molar-refractivity contribution in [3.63, 3.8) is 0 Å². The van der Waals surface area contributed by atoms with E-state index >= 15 is 0 Å². The van der Waals surface area contributed by atoms with Crippen LogP contribution in [-0.4, -0.2) is 11.5 Å². The van der Waals surface area contributed by atoms with Crippen molar-refractivity contribution in [2.45, 2.75) is 6.42 Å². The Morgan fingerprint density at radius 2 is 2.19 bits per heavy atom. The summed E-state index contributed by atoms with van der Waals surface area (Å²) >= 11 is 0. The van der Waals surface area contributed by atoms with Gasteiger partial charge in [-0.25, -0.2) is 0 Å². The molecule has 0 aliphatic carbocycles. The average molecular weight is 212 g/mol. The maximum absolute atomic E-state index is 5.60. The lowest BCUT2D eigenvalue weighted by atomic mass is 10.1. The molecular formula is C13H12N2O. The molecule has 2 N–H and O–H groups in total. The molecule has 3 heteroatoms. The third-order valence-electron chi connectivity index (χ3n) is 2.81.